The molecule has 0 bridgehead atoms. The Labute approximate surface area is 242 Å². The molecule has 1 aliphatic heterocycles. The minimum absolute atomic E-state index is 0.188. The molecular weight excluding hydrogens is 550 g/mol. The van der Waals surface area contributed by atoms with Gasteiger partial charge in [0, 0.05) is 56.1 Å². The number of aromatic nitrogens is 6. The summed E-state index contributed by atoms with van der Waals surface area (Å²) in [6, 6.07) is 16.5. The Morgan fingerprint density at radius 2 is 1.67 bits per heavy atom. The number of sulfonamides is 1. The molecule has 10 nitrogen and oxygen atoms in total. The van der Waals surface area contributed by atoms with Crippen LogP contribution in [0.2, 0.25) is 0 Å². The number of rotatable bonds is 5. The smallest absolute Gasteiger partial charge is 0.293 e. The van der Waals surface area contributed by atoms with Crippen LogP contribution in [0.5, 0.6) is 0 Å². The van der Waals surface area contributed by atoms with E-state index in [0.717, 1.165) is 44.4 Å². The van der Waals surface area contributed by atoms with E-state index in [1.54, 1.807) is 57.5 Å². The zero-order chi connectivity index (χ0) is 29.2. The molecule has 0 spiro atoms. The van der Waals surface area contributed by atoms with Gasteiger partial charge in [-0.15, -0.1) is 0 Å². The van der Waals surface area contributed by atoms with E-state index in [0.29, 0.717) is 18.5 Å². The highest BCUT2D eigenvalue weighted by Crippen LogP contribution is 2.33. The van der Waals surface area contributed by atoms with Gasteiger partial charge in [0.05, 0.1) is 45.6 Å². The minimum atomic E-state index is -3.68. The Morgan fingerprint density at radius 1 is 0.881 bits per heavy atom. The van der Waals surface area contributed by atoms with E-state index < -0.39 is 10.0 Å². The fourth-order valence-corrected chi connectivity index (χ4v) is 7.33. The first-order chi connectivity index (χ1) is 20.2. The standard InChI is InChI=1S/C31H29N7O3S/c1-20-4-8-25(9-5-20)42(40,41)37-13-12-24(19-37)38-30-26-14-21(6-11-28(26)33-17-29(30)36(3)31(38)39)22-7-10-27(32-15-22)23-16-34-35(2)18-23/h4-11,14-18,24H,12-13,19H2,1-3H3. The average Bonchev–Trinajstić information content (AvgIpc) is 3.72. The van der Waals surface area contributed by atoms with Crippen molar-refractivity contribution in [3.05, 3.63) is 95.4 Å². The number of pyridine rings is 2. The molecule has 1 saturated heterocycles. The lowest BCUT2D eigenvalue weighted by molar-refractivity contribution is 0.450. The van der Waals surface area contributed by atoms with Gasteiger partial charge in [0.25, 0.3) is 0 Å². The van der Waals surface area contributed by atoms with Crippen LogP contribution in [0.3, 0.4) is 0 Å². The van der Waals surface area contributed by atoms with Gasteiger partial charge >= 0.3 is 5.69 Å². The molecule has 1 fully saturated rings. The second-order valence-electron chi connectivity index (χ2n) is 10.9. The Morgan fingerprint density at radius 3 is 2.38 bits per heavy atom. The van der Waals surface area contributed by atoms with Crippen LogP contribution in [0.1, 0.15) is 18.0 Å². The summed E-state index contributed by atoms with van der Waals surface area (Å²) in [5.74, 6) is 0. The first-order valence-electron chi connectivity index (χ1n) is 13.7. The molecule has 0 aliphatic carbocycles. The lowest BCUT2D eigenvalue weighted by Crippen LogP contribution is -2.31. The molecule has 1 atom stereocenters. The van der Waals surface area contributed by atoms with Gasteiger partial charge in [-0.3, -0.25) is 23.8 Å². The maximum atomic E-state index is 13.6. The Bertz CT molecular complexity index is 2140. The van der Waals surface area contributed by atoms with Crippen molar-refractivity contribution >= 4 is 32.0 Å². The Kier molecular flexibility index (Phi) is 6.10. The van der Waals surface area contributed by atoms with Crippen LogP contribution in [0, 0.1) is 6.92 Å². The number of nitrogens with zero attached hydrogens (tertiary/aromatic N) is 7. The Balaban J connectivity index is 1.29. The number of fused-ring (bicyclic) bond motifs is 3. The summed E-state index contributed by atoms with van der Waals surface area (Å²) >= 11 is 0. The van der Waals surface area contributed by atoms with E-state index in [1.165, 1.54) is 4.31 Å². The highest BCUT2D eigenvalue weighted by Gasteiger charge is 2.35. The maximum absolute atomic E-state index is 13.6. The quantitative estimate of drug-likeness (QED) is 0.302. The van der Waals surface area contributed by atoms with Crippen LogP contribution in [0.15, 0.2) is 89.1 Å². The van der Waals surface area contributed by atoms with Crippen LogP contribution in [0.4, 0.5) is 0 Å². The second-order valence-corrected chi connectivity index (χ2v) is 12.8. The molecule has 212 valence electrons. The molecule has 5 heterocycles. The summed E-state index contributed by atoms with van der Waals surface area (Å²) in [6.45, 7) is 2.49. The molecule has 2 aromatic carbocycles. The molecule has 0 N–H and O–H groups in total. The number of imidazole rings is 1. The Hall–Kier alpha value is -4.61. The van der Waals surface area contributed by atoms with Crippen molar-refractivity contribution < 1.29 is 8.42 Å². The molecule has 1 aliphatic rings. The normalized spacial score (nSPS) is 16.1. The monoisotopic (exact) mass is 579 g/mol. The molecular formula is C31H29N7O3S. The summed E-state index contributed by atoms with van der Waals surface area (Å²) < 4.78 is 33.4. The molecule has 1 unspecified atom stereocenters. The van der Waals surface area contributed by atoms with Crippen molar-refractivity contribution in [2.45, 2.75) is 24.3 Å². The van der Waals surface area contributed by atoms with E-state index in [-0.39, 0.29) is 23.2 Å². The third kappa shape index (κ3) is 4.24. The van der Waals surface area contributed by atoms with Crippen molar-refractivity contribution in [1.82, 2.24) is 33.2 Å². The van der Waals surface area contributed by atoms with E-state index in [9.17, 15) is 13.2 Å². The fourth-order valence-electron chi connectivity index (χ4n) is 5.83. The molecule has 7 rings (SSSR count). The molecule has 42 heavy (non-hydrogen) atoms. The fraction of sp³-hybridized carbons (Fsp3) is 0.226. The zero-order valence-corrected chi connectivity index (χ0v) is 24.3. The van der Waals surface area contributed by atoms with E-state index in [2.05, 4.69) is 15.1 Å². The van der Waals surface area contributed by atoms with Crippen LogP contribution in [-0.4, -0.2) is 54.7 Å². The van der Waals surface area contributed by atoms with Gasteiger partial charge in [0.15, 0.2) is 0 Å². The molecule has 0 amide bonds. The SMILES string of the molecule is Cc1ccc(S(=O)(=O)N2CCC(n3c(=O)n(C)c4cnc5ccc(-c6ccc(-c7cnn(C)c7)nc6)cc5c43)C2)cc1. The van der Waals surface area contributed by atoms with E-state index in [4.69, 9.17) is 0 Å². The summed E-state index contributed by atoms with van der Waals surface area (Å²) in [7, 11) is -0.0732. The number of aryl methyl sites for hydroxylation is 3. The van der Waals surface area contributed by atoms with Gasteiger partial charge in [-0.05, 0) is 49.2 Å². The lowest BCUT2D eigenvalue weighted by atomic mass is 10.0. The molecule has 0 radical (unpaired) electrons. The van der Waals surface area contributed by atoms with Gasteiger partial charge in [-0.2, -0.15) is 9.40 Å². The topological polar surface area (TPSA) is 108 Å². The summed E-state index contributed by atoms with van der Waals surface area (Å²) in [4.78, 5) is 23.2. The first kappa shape index (κ1) is 26.3. The number of benzene rings is 2. The molecule has 4 aromatic heterocycles. The predicted molar refractivity (Wildman–Crippen MR) is 162 cm³/mol. The first-order valence-corrected chi connectivity index (χ1v) is 15.2. The highest BCUT2D eigenvalue weighted by molar-refractivity contribution is 7.89. The van der Waals surface area contributed by atoms with E-state index in [1.807, 2.05) is 56.7 Å². The number of hydrogen-bond acceptors (Lipinski definition) is 6. The van der Waals surface area contributed by atoms with Crippen molar-refractivity contribution in [3.63, 3.8) is 0 Å². The van der Waals surface area contributed by atoms with Crippen molar-refractivity contribution in [2.24, 2.45) is 14.1 Å². The van der Waals surface area contributed by atoms with Crippen LogP contribution >= 0.6 is 0 Å². The van der Waals surface area contributed by atoms with Gasteiger partial charge in [-0.25, -0.2) is 13.2 Å². The third-order valence-electron chi connectivity index (χ3n) is 8.16. The summed E-state index contributed by atoms with van der Waals surface area (Å²) in [5, 5.41) is 5.06. The second kappa shape index (κ2) is 9.74. The van der Waals surface area contributed by atoms with Crippen LogP contribution < -0.4 is 5.69 Å². The van der Waals surface area contributed by atoms with Crippen molar-refractivity contribution in [1.29, 1.82) is 0 Å². The van der Waals surface area contributed by atoms with Crippen LogP contribution in [-0.2, 0) is 24.1 Å². The summed E-state index contributed by atoms with van der Waals surface area (Å²) in [6.07, 6.45) is 7.79. The van der Waals surface area contributed by atoms with Crippen molar-refractivity contribution in [2.75, 3.05) is 13.1 Å². The molecule has 11 heteroatoms. The van der Waals surface area contributed by atoms with Crippen molar-refractivity contribution in [3.8, 4) is 22.4 Å². The largest absolute Gasteiger partial charge is 0.329 e. The molecule has 0 saturated carbocycles. The van der Waals surface area contributed by atoms with Gasteiger partial charge in [-0.1, -0.05) is 29.8 Å². The van der Waals surface area contributed by atoms with Gasteiger partial charge in [0.2, 0.25) is 10.0 Å². The minimum Gasteiger partial charge on any atom is -0.293 e. The number of hydrogen-bond donors (Lipinski definition) is 0. The average molecular weight is 580 g/mol. The maximum Gasteiger partial charge on any atom is 0.329 e. The lowest BCUT2D eigenvalue weighted by Gasteiger charge is -2.18. The van der Waals surface area contributed by atoms with Gasteiger partial charge < -0.3 is 0 Å². The predicted octanol–water partition coefficient (Wildman–Crippen LogP) is 4.29. The van der Waals surface area contributed by atoms with E-state index >= 15 is 0 Å². The third-order valence-corrected chi connectivity index (χ3v) is 10.0. The highest BCUT2D eigenvalue weighted by atomic mass is 32.2. The van der Waals surface area contributed by atoms with Gasteiger partial charge in [0.1, 0.15) is 0 Å². The summed E-state index contributed by atoms with van der Waals surface area (Å²) in [5.41, 5.74) is 6.68. The van der Waals surface area contributed by atoms with Crippen LogP contribution in [0.25, 0.3) is 44.3 Å². The molecule has 6 aromatic rings. The zero-order valence-electron chi connectivity index (χ0n) is 23.5.